The van der Waals surface area contributed by atoms with Crippen LogP contribution in [-0.2, 0) is 6.42 Å². The zero-order valence-electron chi connectivity index (χ0n) is 10.9. The van der Waals surface area contributed by atoms with Crippen LogP contribution in [0.2, 0.25) is 0 Å². The third-order valence-corrected chi connectivity index (χ3v) is 3.92. The monoisotopic (exact) mass is 262 g/mol. The third-order valence-electron chi connectivity index (χ3n) is 3.02. The van der Waals surface area contributed by atoms with Gasteiger partial charge >= 0.3 is 0 Å². The molecule has 1 aromatic carbocycles. The maximum Gasteiger partial charge on any atom is 0.125 e. The van der Waals surface area contributed by atoms with Gasteiger partial charge in [-0.05, 0) is 42.5 Å². The zero-order valence-corrected chi connectivity index (χ0v) is 11.8. The average molecular weight is 262 g/mol. The van der Waals surface area contributed by atoms with Gasteiger partial charge < -0.3 is 9.84 Å². The molecule has 2 aromatic rings. The van der Waals surface area contributed by atoms with Gasteiger partial charge in [-0.1, -0.05) is 12.1 Å². The van der Waals surface area contributed by atoms with Crippen molar-refractivity contribution in [1.82, 2.24) is 0 Å². The molecule has 1 atom stereocenters. The number of aryl methyl sites for hydroxylation is 2. The van der Waals surface area contributed by atoms with Crippen LogP contribution in [-0.4, -0.2) is 12.2 Å². The molecule has 0 radical (unpaired) electrons. The van der Waals surface area contributed by atoms with Crippen LogP contribution in [0.1, 0.15) is 27.7 Å². The fraction of sp³-hybridized carbons (Fsp3) is 0.333. The second kappa shape index (κ2) is 5.55. The molecule has 1 N–H and O–H groups in total. The molecule has 0 bridgehead atoms. The number of hydrogen-bond acceptors (Lipinski definition) is 3. The number of aliphatic hydroxyl groups is 1. The SMILES string of the molecule is COc1cc(C)cc(C)c1C(O)Cc1cccs1. The van der Waals surface area contributed by atoms with E-state index < -0.39 is 6.10 Å². The smallest absolute Gasteiger partial charge is 0.125 e. The number of ether oxygens (including phenoxy) is 1. The van der Waals surface area contributed by atoms with E-state index in [1.165, 1.54) is 4.88 Å². The molecular formula is C15H18O2S. The number of thiophene rings is 1. The predicted octanol–water partition coefficient (Wildman–Crippen LogP) is 3.65. The Morgan fingerprint density at radius 3 is 2.72 bits per heavy atom. The summed E-state index contributed by atoms with van der Waals surface area (Å²) in [4.78, 5) is 1.18. The Hall–Kier alpha value is -1.32. The van der Waals surface area contributed by atoms with Crippen LogP contribution in [0.15, 0.2) is 29.6 Å². The van der Waals surface area contributed by atoms with Crippen molar-refractivity contribution in [2.24, 2.45) is 0 Å². The topological polar surface area (TPSA) is 29.5 Å². The Kier molecular flexibility index (Phi) is 4.04. The molecule has 1 aromatic heterocycles. The molecule has 0 spiro atoms. The summed E-state index contributed by atoms with van der Waals surface area (Å²) in [6.07, 6.45) is 0.122. The number of benzene rings is 1. The van der Waals surface area contributed by atoms with Gasteiger partial charge in [0.25, 0.3) is 0 Å². The lowest BCUT2D eigenvalue weighted by atomic mass is 9.97. The van der Waals surface area contributed by atoms with E-state index in [-0.39, 0.29) is 0 Å². The lowest BCUT2D eigenvalue weighted by molar-refractivity contribution is 0.174. The summed E-state index contributed by atoms with van der Waals surface area (Å²) in [5.74, 6) is 0.775. The molecule has 96 valence electrons. The predicted molar refractivity (Wildman–Crippen MR) is 75.5 cm³/mol. The van der Waals surface area contributed by atoms with Crippen molar-refractivity contribution in [3.8, 4) is 5.75 Å². The van der Waals surface area contributed by atoms with E-state index in [9.17, 15) is 5.11 Å². The first-order valence-electron chi connectivity index (χ1n) is 5.97. The summed E-state index contributed by atoms with van der Waals surface area (Å²) < 4.78 is 5.39. The average Bonchev–Trinajstić information content (AvgIpc) is 2.80. The van der Waals surface area contributed by atoms with E-state index in [1.807, 2.05) is 37.4 Å². The molecule has 0 aliphatic rings. The molecule has 2 rings (SSSR count). The van der Waals surface area contributed by atoms with E-state index in [0.717, 1.165) is 22.4 Å². The molecule has 0 saturated carbocycles. The molecule has 0 fully saturated rings. The van der Waals surface area contributed by atoms with Crippen molar-refractivity contribution in [2.45, 2.75) is 26.4 Å². The van der Waals surface area contributed by atoms with Gasteiger partial charge in [0.2, 0.25) is 0 Å². The highest BCUT2D eigenvalue weighted by Gasteiger charge is 2.17. The van der Waals surface area contributed by atoms with Crippen LogP contribution in [0.3, 0.4) is 0 Å². The van der Waals surface area contributed by atoms with Crippen LogP contribution in [0.25, 0.3) is 0 Å². The minimum Gasteiger partial charge on any atom is -0.496 e. The van der Waals surface area contributed by atoms with Gasteiger partial charge in [-0.2, -0.15) is 0 Å². The Balaban J connectivity index is 2.31. The quantitative estimate of drug-likeness (QED) is 0.911. The van der Waals surface area contributed by atoms with Crippen molar-refractivity contribution < 1.29 is 9.84 Å². The van der Waals surface area contributed by atoms with E-state index in [0.29, 0.717) is 6.42 Å². The fourth-order valence-corrected chi connectivity index (χ4v) is 3.00. The van der Waals surface area contributed by atoms with Crippen LogP contribution in [0.4, 0.5) is 0 Å². The number of rotatable bonds is 4. The van der Waals surface area contributed by atoms with Crippen molar-refractivity contribution in [2.75, 3.05) is 7.11 Å². The number of methoxy groups -OCH3 is 1. The molecule has 0 aliphatic heterocycles. The second-order valence-corrected chi connectivity index (χ2v) is 5.53. The van der Waals surface area contributed by atoms with Gasteiger partial charge in [0, 0.05) is 16.9 Å². The standard InChI is InChI=1S/C15H18O2S/c1-10-7-11(2)15(14(8-10)17-3)13(16)9-12-5-4-6-18-12/h4-8,13,16H,9H2,1-3H3. The van der Waals surface area contributed by atoms with Gasteiger partial charge in [-0.25, -0.2) is 0 Å². The molecule has 1 heterocycles. The summed E-state index contributed by atoms with van der Waals surface area (Å²) in [5, 5.41) is 12.4. The van der Waals surface area contributed by atoms with Gasteiger partial charge in [0.1, 0.15) is 5.75 Å². The highest BCUT2D eigenvalue weighted by molar-refractivity contribution is 7.09. The summed E-state index contributed by atoms with van der Waals surface area (Å²) in [7, 11) is 1.65. The van der Waals surface area contributed by atoms with Gasteiger partial charge in [0.15, 0.2) is 0 Å². The van der Waals surface area contributed by atoms with E-state index in [2.05, 4.69) is 6.07 Å². The first-order valence-corrected chi connectivity index (χ1v) is 6.85. The van der Waals surface area contributed by atoms with Crippen molar-refractivity contribution in [1.29, 1.82) is 0 Å². The van der Waals surface area contributed by atoms with Crippen LogP contribution >= 0.6 is 11.3 Å². The summed E-state index contributed by atoms with van der Waals surface area (Å²) in [6, 6.07) is 8.10. The van der Waals surface area contributed by atoms with E-state index >= 15 is 0 Å². The maximum absolute atomic E-state index is 10.4. The van der Waals surface area contributed by atoms with Gasteiger partial charge in [-0.15, -0.1) is 11.3 Å². The van der Waals surface area contributed by atoms with Crippen LogP contribution in [0, 0.1) is 13.8 Å². The molecule has 0 aliphatic carbocycles. The molecule has 0 saturated heterocycles. The number of aliphatic hydroxyl groups excluding tert-OH is 1. The largest absolute Gasteiger partial charge is 0.496 e. The van der Waals surface area contributed by atoms with Gasteiger partial charge in [0.05, 0.1) is 13.2 Å². The highest BCUT2D eigenvalue weighted by Crippen LogP contribution is 2.32. The van der Waals surface area contributed by atoms with Crippen molar-refractivity contribution in [3.05, 3.63) is 51.2 Å². The molecule has 0 amide bonds. The summed E-state index contributed by atoms with van der Waals surface area (Å²) in [5.41, 5.74) is 3.13. The summed E-state index contributed by atoms with van der Waals surface area (Å²) >= 11 is 1.67. The van der Waals surface area contributed by atoms with Crippen LogP contribution in [0.5, 0.6) is 5.75 Å². The zero-order chi connectivity index (χ0) is 13.1. The lowest BCUT2D eigenvalue weighted by Crippen LogP contribution is -2.06. The first-order chi connectivity index (χ1) is 8.61. The third kappa shape index (κ3) is 2.74. The minimum atomic E-state index is -0.515. The number of hydrogen-bond donors (Lipinski definition) is 1. The Bertz CT molecular complexity index is 518. The Morgan fingerprint density at radius 2 is 2.11 bits per heavy atom. The molecule has 18 heavy (non-hydrogen) atoms. The molecule has 1 unspecified atom stereocenters. The maximum atomic E-state index is 10.4. The van der Waals surface area contributed by atoms with Crippen LogP contribution < -0.4 is 4.74 Å². The second-order valence-electron chi connectivity index (χ2n) is 4.50. The van der Waals surface area contributed by atoms with E-state index in [1.54, 1.807) is 18.4 Å². The minimum absolute atomic E-state index is 0.515. The summed E-state index contributed by atoms with van der Waals surface area (Å²) in [6.45, 7) is 4.05. The van der Waals surface area contributed by atoms with E-state index in [4.69, 9.17) is 4.74 Å². The normalized spacial score (nSPS) is 12.4. The van der Waals surface area contributed by atoms with Crippen molar-refractivity contribution in [3.63, 3.8) is 0 Å². The Morgan fingerprint density at radius 1 is 1.33 bits per heavy atom. The highest BCUT2D eigenvalue weighted by atomic mass is 32.1. The Labute approximate surface area is 112 Å². The molecular weight excluding hydrogens is 244 g/mol. The van der Waals surface area contributed by atoms with Gasteiger partial charge in [-0.3, -0.25) is 0 Å². The lowest BCUT2D eigenvalue weighted by Gasteiger charge is -2.17. The molecule has 3 heteroatoms. The fourth-order valence-electron chi connectivity index (χ4n) is 2.26. The first kappa shape index (κ1) is 13.1. The van der Waals surface area contributed by atoms with Crippen molar-refractivity contribution >= 4 is 11.3 Å². The molecule has 2 nitrogen and oxygen atoms in total.